The van der Waals surface area contributed by atoms with E-state index in [1.807, 2.05) is 121 Å². The molecule has 6 rings (SSSR count). The van der Waals surface area contributed by atoms with Crippen LogP contribution in [0.4, 0.5) is 0 Å². The standard InChI is InChI=1S/C44H50O12/c1-30(45)53-40-38(49-25-33-18-10-5-11-19-33)37(55-43(47-3)42(40)54-31(2)46)29-52-44-41(51-27-35-22-14-7-15-23-35)39(50-26-34-20-12-6-13-21-34)36(56-44)28-48-24-32-16-8-4-9-17-32/h4-23,36-44H,24-29H2,1-3H3/t36-,37+,38+,39-,40-,41+,42+,43+,44+/m0/s1. The van der Waals surface area contributed by atoms with Crippen LogP contribution in [0.3, 0.4) is 0 Å². The lowest BCUT2D eigenvalue weighted by atomic mass is 9.98. The van der Waals surface area contributed by atoms with E-state index in [0.717, 1.165) is 22.3 Å². The van der Waals surface area contributed by atoms with Gasteiger partial charge in [-0.3, -0.25) is 9.59 Å². The van der Waals surface area contributed by atoms with E-state index in [4.69, 9.17) is 47.4 Å². The molecule has 0 aromatic heterocycles. The van der Waals surface area contributed by atoms with Gasteiger partial charge in [0.2, 0.25) is 0 Å². The van der Waals surface area contributed by atoms with Crippen LogP contribution in [0, 0.1) is 0 Å². The van der Waals surface area contributed by atoms with Crippen LogP contribution in [0.5, 0.6) is 0 Å². The summed E-state index contributed by atoms with van der Waals surface area (Å²) in [7, 11) is 1.41. The minimum Gasteiger partial charge on any atom is -0.455 e. The van der Waals surface area contributed by atoms with Gasteiger partial charge in [0.25, 0.3) is 0 Å². The topological polar surface area (TPSA) is 126 Å². The maximum absolute atomic E-state index is 12.5. The molecule has 0 unspecified atom stereocenters. The molecule has 0 amide bonds. The molecule has 0 radical (unpaired) electrons. The van der Waals surface area contributed by atoms with Crippen LogP contribution in [0.15, 0.2) is 121 Å². The van der Waals surface area contributed by atoms with E-state index in [-0.39, 0.29) is 26.4 Å². The van der Waals surface area contributed by atoms with E-state index in [1.54, 1.807) is 0 Å². The molecule has 2 heterocycles. The Hall–Kier alpha value is -4.50. The number of hydrogen-bond donors (Lipinski definition) is 0. The van der Waals surface area contributed by atoms with Crippen molar-refractivity contribution in [3.63, 3.8) is 0 Å². The molecule has 0 spiro atoms. The summed E-state index contributed by atoms with van der Waals surface area (Å²) in [6.45, 7) is 3.73. The van der Waals surface area contributed by atoms with E-state index >= 15 is 0 Å². The first-order valence-corrected chi connectivity index (χ1v) is 18.8. The van der Waals surface area contributed by atoms with Crippen LogP contribution < -0.4 is 0 Å². The van der Waals surface area contributed by atoms with Crippen molar-refractivity contribution in [1.82, 2.24) is 0 Å². The summed E-state index contributed by atoms with van der Waals surface area (Å²) in [6, 6.07) is 39.1. The molecule has 0 bridgehead atoms. The van der Waals surface area contributed by atoms with Crippen LogP contribution in [0.1, 0.15) is 36.1 Å². The molecular weight excluding hydrogens is 720 g/mol. The molecule has 4 aromatic rings. The van der Waals surface area contributed by atoms with Gasteiger partial charge in [0.1, 0.15) is 30.5 Å². The highest BCUT2D eigenvalue weighted by molar-refractivity contribution is 5.67. The fourth-order valence-corrected chi connectivity index (χ4v) is 6.74. The SMILES string of the molecule is CO[C@@H]1O[C@H](CO[C@@H]2O[C@@H](COCc3ccccc3)[C@H](OCc3ccccc3)[C@H]2OCc2ccccc2)[C@@H](OCc2ccccc2)[C@H](OC(C)=O)[C@H]1OC(C)=O. The molecule has 298 valence electrons. The second kappa shape index (κ2) is 21.1. The molecule has 56 heavy (non-hydrogen) atoms. The minimum absolute atomic E-state index is 0.108. The Morgan fingerprint density at radius 3 is 1.32 bits per heavy atom. The van der Waals surface area contributed by atoms with Crippen molar-refractivity contribution in [2.45, 2.75) is 95.6 Å². The van der Waals surface area contributed by atoms with Gasteiger partial charge < -0.3 is 47.4 Å². The molecule has 12 nitrogen and oxygen atoms in total. The third-order valence-electron chi connectivity index (χ3n) is 9.37. The van der Waals surface area contributed by atoms with Gasteiger partial charge in [-0.15, -0.1) is 0 Å². The highest BCUT2D eigenvalue weighted by Crippen LogP contribution is 2.33. The Labute approximate surface area is 327 Å². The summed E-state index contributed by atoms with van der Waals surface area (Å²) in [5, 5.41) is 0. The van der Waals surface area contributed by atoms with Crippen LogP contribution in [0.25, 0.3) is 0 Å². The zero-order valence-corrected chi connectivity index (χ0v) is 31.9. The maximum Gasteiger partial charge on any atom is 0.303 e. The van der Waals surface area contributed by atoms with E-state index in [9.17, 15) is 9.59 Å². The number of benzene rings is 4. The zero-order valence-electron chi connectivity index (χ0n) is 31.9. The number of methoxy groups -OCH3 is 1. The van der Waals surface area contributed by atoms with Crippen molar-refractivity contribution in [3.8, 4) is 0 Å². The second-order valence-corrected chi connectivity index (χ2v) is 13.6. The number of rotatable bonds is 19. The lowest BCUT2D eigenvalue weighted by Crippen LogP contribution is -2.62. The smallest absolute Gasteiger partial charge is 0.303 e. The van der Waals surface area contributed by atoms with Crippen LogP contribution in [-0.2, 0) is 83.4 Å². The lowest BCUT2D eigenvalue weighted by Gasteiger charge is -2.44. The normalized spacial score (nSPS) is 26.1. The van der Waals surface area contributed by atoms with Crippen molar-refractivity contribution in [3.05, 3.63) is 144 Å². The monoisotopic (exact) mass is 770 g/mol. The number of hydrogen-bond acceptors (Lipinski definition) is 12. The lowest BCUT2D eigenvalue weighted by molar-refractivity contribution is -0.316. The summed E-state index contributed by atoms with van der Waals surface area (Å²) >= 11 is 0. The third-order valence-corrected chi connectivity index (χ3v) is 9.37. The fourth-order valence-electron chi connectivity index (χ4n) is 6.74. The Morgan fingerprint density at radius 2 is 0.857 bits per heavy atom. The molecule has 2 fully saturated rings. The summed E-state index contributed by atoms with van der Waals surface area (Å²) in [5.41, 5.74) is 3.85. The van der Waals surface area contributed by atoms with Crippen LogP contribution in [-0.4, -0.2) is 87.6 Å². The number of carbonyl (C=O) groups excluding carboxylic acids is 2. The highest BCUT2D eigenvalue weighted by atomic mass is 16.8. The molecule has 2 saturated heterocycles. The molecule has 2 aliphatic rings. The van der Waals surface area contributed by atoms with Gasteiger partial charge in [-0.2, -0.15) is 0 Å². The average Bonchev–Trinajstić information content (AvgIpc) is 3.55. The van der Waals surface area contributed by atoms with Crippen molar-refractivity contribution in [2.75, 3.05) is 20.3 Å². The van der Waals surface area contributed by atoms with Gasteiger partial charge in [-0.25, -0.2) is 0 Å². The predicted octanol–water partition coefficient (Wildman–Crippen LogP) is 5.94. The zero-order chi connectivity index (χ0) is 39.1. The fraction of sp³-hybridized carbons (Fsp3) is 0.409. The molecule has 4 aromatic carbocycles. The van der Waals surface area contributed by atoms with Gasteiger partial charge in [-0.1, -0.05) is 121 Å². The summed E-state index contributed by atoms with van der Waals surface area (Å²) < 4.78 is 62.4. The quantitative estimate of drug-likeness (QED) is 0.105. The summed E-state index contributed by atoms with van der Waals surface area (Å²) in [5.74, 6) is -1.20. The largest absolute Gasteiger partial charge is 0.455 e. The Balaban J connectivity index is 1.26. The van der Waals surface area contributed by atoms with E-state index in [1.165, 1.54) is 21.0 Å². The molecule has 2 aliphatic heterocycles. The first-order chi connectivity index (χ1) is 27.4. The molecule has 0 saturated carbocycles. The Morgan fingerprint density at radius 1 is 0.464 bits per heavy atom. The van der Waals surface area contributed by atoms with Gasteiger partial charge in [0, 0.05) is 21.0 Å². The van der Waals surface area contributed by atoms with Gasteiger partial charge in [0.15, 0.2) is 24.8 Å². The molecule has 9 atom stereocenters. The number of esters is 2. The van der Waals surface area contributed by atoms with E-state index in [2.05, 4.69) is 0 Å². The second-order valence-electron chi connectivity index (χ2n) is 13.6. The van der Waals surface area contributed by atoms with Crippen LogP contribution >= 0.6 is 0 Å². The molecular formula is C44H50O12. The van der Waals surface area contributed by atoms with Gasteiger partial charge in [0.05, 0.1) is 39.6 Å². The van der Waals surface area contributed by atoms with Gasteiger partial charge >= 0.3 is 11.9 Å². The van der Waals surface area contributed by atoms with Crippen molar-refractivity contribution in [1.29, 1.82) is 0 Å². The van der Waals surface area contributed by atoms with Crippen molar-refractivity contribution < 1.29 is 57.0 Å². The number of carbonyl (C=O) groups is 2. The van der Waals surface area contributed by atoms with Crippen molar-refractivity contribution in [2.24, 2.45) is 0 Å². The molecule has 12 heteroatoms. The van der Waals surface area contributed by atoms with E-state index < -0.39 is 67.2 Å². The number of ether oxygens (including phenoxy) is 10. The van der Waals surface area contributed by atoms with Crippen molar-refractivity contribution >= 4 is 11.9 Å². The van der Waals surface area contributed by atoms with E-state index in [0.29, 0.717) is 13.2 Å². The predicted molar refractivity (Wildman–Crippen MR) is 203 cm³/mol. The summed E-state index contributed by atoms with van der Waals surface area (Å²) in [4.78, 5) is 24.7. The third kappa shape index (κ3) is 11.8. The minimum atomic E-state index is -1.12. The van der Waals surface area contributed by atoms with Gasteiger partial charge in [-0.05, 0) is 22.3 Å². The highest BCUT2D eigenvalue weighted by Gasteiger charge is 2.53. The first-order valence-electron chi connectivity index (χ1n) is 18.8. The first kappa shape index (κ1) is 41.1. The molecule has 0 N–H and O–H groups in total. The molecule has 0 aliphatic carbocycles. The average molecular weight is 771 g/mol. The Bertz CT molecular complexity index is 1750. The van der Waals surface area contributed by atoms with Crippen LogP contribution in [0.2, 0.25) is 0 Å². The Kier molecular flexibility index (Phi) is 15.5. The maximum atomic E-state index is 12.5. The summed E-state index contributed by atoms with van der Waals surface area (Å²) in [6.07, 6.45) is -7.96.